The highest BCUT2D eigenvalue weighted by Crippen LogP contribution is 2.23. The molecule has 2 aromatic rings. The van der Waals surface area contributed by atoms with E-state index in [4.69, 9.17) is 9.15 Å². The highest BCUT2D eigenvalue weighted by molar-refractivity contribution is 7.88. The number of carbonyl (C=O) groups excluding carboxylic acids is 1. The average Bonchev–Trinajstić information content (AvgIpc) is 2.99. The lowest BCUT2D eigenvalue weighted by atomic mass is 10.3. The predicted octanol–water partition coefficient (Wildman–Crippen LogP) is 1.69. The molecule has 8 heteroatoms. The number of amides is 1. The Labute approximate surface area is 134 Å². The molecule has 0 saturated carbocycles. The lowest BCUT2D eigenvalue weighted by Crippen LogP contribution is -2.36. The second kappa shape index (κ2) is 7.30. The first-order valence-corrected chi connectivity index (χ1v) is 8.65. The Kier molecular flexibility index (Phi) is 5.41. The highest BCUT2D eigenvalue weighted by atomic mass is 32.2. The molecule has 0 radical (unpaired) electrons. The van der Waals surface area contributed by atoms with Gasteiger partial charge in [-0.1, -0.05) is 12.1 Å². The number of anilines is 1. The van der Waals surface area contributed by atoms with Crippen molar-refractivity contribution < 1.29 is 22.4 Å². The Balaban J connectivity index is 2.08. The van der Waals surface area contributed by atoms with Gasteiger partial charge in [0.2, 0.25) is 15.9 Å². The number of para-hydroxylation sites is 2. The van der Waals surface area contributed by atoms with Crippen LogP contribution in [0.2, 0.25) is 0 Å². The number of benzene rings is 1. The van der Waals surface area contributed by atoms with Crippen molar-refractivity contribution in [2.24, 2.45) is 0 Å². The van der Waals surface area contributed by atoms with Crippen LogP contribution in [0.1, 0.15) is 5.76 Å². The van der Waals surface area contributed by atoms with Crippen LogP contribution in [0.25, 0.3) is 0 Å². The number of nitrogens with zero attached hydrogens (tertiary/aromatic N) is 1. The molecule has 7 nitrogen and oxygen atoms in total. The van der Waals surface area contributed by atoms with E-state index < -0.39 is 15.9 Å². The van der Waals surface area contributed by atoms with Crippen LogP contribution in [0.3, 0.4) is 0 Å². The summed E-state index contributed by atoms with van der Waals surface area (Å²) < 4.78 is 35.0. The summed E-state index contributed by atoms with van der Waals surface area (Å²) in [5, 5.41) is 2.64. The number of sulfonamides is 1. The molecular formula is C15H18N2O5S. The minimum Gasteiger partial charge on any atom is -0.495 e. The zero-order chi connectivity index (χ0) is 16.9. The van der Waals surface area contributed by atoms with Gasteiger partial charge in [0.25, 0.3) is 0 Å². The Morgan fingerprint density at radius 3 is 2.61 bits per heavy atom. The molecular weight excluding hydrogens is 320 g/mol. The third kappa shape index (κ3) is 4.83. The van der Waals surface area contributed by atoms with E-state index in [1.54, 1.807) is 36.4 Å². The van der Waals surface area contributed by atoms with Crippen molar-refractivity contribution in [3.05, 3.63) is 48.4 Å². The third-order valence-electron chi connectivity index (χ3n) is 3.08. The first-order chi connectivity index (χ1) is 10.9. The second-order valence-electron chi connectivity index (χ2n) is 4.86. The smallest absolute Gasteiger partial charge is 0.239 e. The molecule has 0 atom stereocenters. The molecule has 0 unspecified atom stereocenters. The molecule has 0 aliphatic carbocycles. The summed E-state index contributed by atoms with van der Waals surface area (Å²) in [6.07, 6.45) is 2.50. The fraction of sp³-hybridized carbons (Fsp3) is 0.267. The van der Waals surface area contributed by atoms with Crippen LogP contribution in [0.15, 0.2) is 47.1 Å². The number of furan rings is 1. The summed E-state index contributed by atoms with van der Waals surface area (Å²) >= 11 is 0. The average molecular weight is 338 g/mol. The van der Waals surface area contributed by atoms with Gasteiger partial charge in [-0.15, -0.1) is 0 Å². The van der Waals surface area contributed by atoms with Crippen molar-refractivity contribution in [1.29, 1.82) is 0 Å². The Hall–Kier alpha value is -2.32. The van der Waals surface area contributed by atoms with Crippen molar-refractivity contribution in [2.75, 3.05) is 25.2 Å². The molecule has 23 heavy (non-hydrogen) atoms. The van der Waals surface area contributed by atoms with Gasteiger partial charge < -0.3 is 14.5 Å². The third-order valence-corrected chi connectivity index (χ3v) is 4.28. The normalized spacial score (nSPS) is 11.4. The van der Waals surface area contributed by atoms with Gasteiger partial charge in [-0.25, -0.2) is 8.42 Å². The summed E-state index contributed by atoms with van der Waals surface area (Å²) in [4.78, 5) is 12.2. The number of nitrogens with one attached hydrogen (secondary N) is 1. The topological polar surface area (TPSA) is 88.8 Å². The number of methoxy groups -OCH3 is 1. The van der Waals surface area contributed by atoms with E-state index in [0.717, 1.165) is 10.6 Å². The van der Waals surface area contributed by atoms with Crippen molar-refractivity contribution >= 4 is 21.6 Å². The lowest BCUT2D eigenvalue weighted by molar-refractivity contribution is -0.116. The fourth-order valence-corrected chi connectivity index (χ4v) is 2.68. The molecule has 0 aliphatic rings. The van der Waals surface area contributed by atoms with Gasteiger partial charge in [-0.3, -0.25) is 4.79 Å². The van der Waals surface area contributed by atoms with Gasteiger partial charge in [0.05, 0.1) is 38.4 Å². The van der Waals surface area contributed by atoms with Gasteiger partial charge in [0, 0.05) is 0 Å². The van der Waals surface area contributed by atoms with Gasteiger partial charge in [0.1, 0.15) is 11.5 Å². The van der Waals surface area contributed by atoms with Crippen LogP contribution in [0, 0.1) is 0 Å². The molecule has 2 rings (SSSR count). The molecule has 0 fully saturated rings. The van der Waals surface area contributed by atoms with E-state index in [1.165, 1.54) is 13.4 Å². The van der Waals surface area contributed by atoms with Crippen molar-refractivity contribution in [3.8, 4) is 5.75 Å². The first kappa shape index (κ1) is 17.0. The van der Waals surface area contributed by atoms with Crippen LogP contribution in [-0.4, -0.2) is 38.5 Å². The van der Waals surface area contributed by atoms with Crippen molar-refractivity contribution in [3.63, 3.8) is 0 Å². The van der Waals surface area contributed by atoms with Crippen molar-refractivity contribution in [2.45, 2.75) is 6.54 Å². The fourth-order valence-electron chi connectivity index (χ4n) is 1.96. The molecule has 1 aromatic heterocycles. The number of rotatable bonds is 7. The summed E-state index contributed by atoms with van der Waals surface area (Å²) in [7, 11) is -2.07. The number of carbonyl (C=O) groups is 1. The summed E-state index contributed by atoms with van der Waals surface area (Å²) in [6, 6.07) is 10.2. The molecule has 0 spiro atoms. The molecule has 1 N–H and O–H groups in total. The molecule has 0 bridgehead atoms. The van der Waals surface area contributed by atoms with Gasteiger partial charge in [-0.05, 0) is 24.3 Å². The van der Waals surface area contributed by atoms with Crippen LogP contribution in [-0.2, 0) is 21.4 Å². The number of hydrogen-bond donors (Lipinski definition) is 1. The maximum atomic E-state index is 12.2. The number of hydrogen-bond acceptors (Lipinski definition) is 5. The van der Waals surface area contributed by atoms with Crippen molar-refractivity contribution in [1.82, 2.24) is 4.31 Å². The minimum atomic E-state index is -3.56. The summed E-state index contributed by atoms with van der Waals surface area (Å²) in [6.45, 7) is -0.331. The molecule has 0 saturated heterocycles. The lowest BCUT2D eigenvalue weighted by Gasteiger charge is -2.18. The maximum absolute atomic E-state index is 12.2. The molecule has 124 valence electrons. The SMILES string of the molecule is COc1ccccc1NC(=O)CN(Cc1ccco1)S(C)(=O)=O. The van der Waals surface area contributed by atoms with E-state index in [0.29, 0.717) is 17.2 Å². The van der Waals surface area contributed by atoms with E-state index in [-0.39, 0.29) is 13.1 Å². The van der Waals surface area contributed by atoms with E-state index >= 15 is 0 Å². The molecule has 1 heterocycles. The standard InChI is InChI=1S/C15H18N2O5S/c1-21-14-8-4-3-7-13(14)16-15(18)11-17(23(2,19)20)10-12-6-5-9-22-12/h3-9H,10-11H2,1-2H3,(H,16,18). The van der Waals surface area contributed by atoms with E-state index in [9.17, 15) is 13.2 Å². The molecule has 0 aliphatic heterocycles. The zero-order valence-electron chi connectivity index (χ0n) is 12.9. The predicted molar refractivity (Wildman–Crippen MR) is 85.6 cm³/mol. The Bertz CT molecular complexity index is 756. The zero-order valence-corrected chi connectivity index (χ0v) is 13.7. The Morgan fingerprint density at radius 2 is 2.00 bits per heavy atom. The van der Waals surface area contributed by atoms with Crippen LogP contribution < -0.4 is 10.1 Å². The largest absolute Gasteiger partial charge is 0.495 e. The maximum Gasteiger partial charge on any atom is 0.239 e. The van der Waals surface area contributed by atoms with Crippen LogP contribution in [0.4, 0.5) is 5.69 Å². The Morgan fingerprint density at radius 1 is 1.26 bits per heavy atom. The number of ether oxygens (including phenoxy) is 1. The first-order valence-electron chi connectivity index (χ1n) is 6.80. The van der Waals surface area contributed by atoms with Crippen LogP contribution >= 0.6 is 0 Å². The van der Waals surface area contributed by atoms with E-state index in [1.807, 2.05) is 0 Å². The summed E-state index contributed by atoms with van der Waals surface area (Å²) in [5.74, 6) is 0.491. The monoisotopic (exact) mass is 338 g/mol. The second-order valence-corrected chi connectivity index (χ2v) is 6.84. The van der Waals surface area contributed by atoms with Gasteiger partial charge in [-0.2, -0.15) is 4.31 Å². The minimum absolute atomic E-state index is 0.00875. The molecule has 1 amide bonds. The van der Waals surface area contributed by atoms with Gasteiger partial charge in [0.15, 0.2) is 0 Å². The van der Waals surface area contributed by atoms with Crippen LogP contribution in [0.5, 0.6) is 5.75 Å². The molecule has 1 aromatic carbocycles. The quantitative estimate of drug-likeness (QED) is 0.830. The highest BCUT2D eigenvalue weighted by Gasteiger charge is 2.22. The summed E-state index contributed by atoms with van der Waals surface area (Å²) in [5.41, 5.74) is 0.478. The van der Waals surface area contributed by atoms with Gasteiger partial charge >= 0.3 is 0 Å². The van der Waals surface area contributed by atoms with E-state index in [2.05, 4.69) is 5.32 Å².